The van der Waals surface area contributed by atoms with Crippen molar-refractivity contribution in [1.82, 2.24) is 10.2 Å². The molecule has 2 aromatic carbocycles. The molecule has 0 spiro atoms. The monoisotopic (exact) mass is 378 g/mol. The third-order valence-electron chi connectivity index (χ3n) is 4.19. The van der Waals surface area contributed by atoms with Gasteiger partial charge in [0.15, 0.2) is 0 Å². The van der Waals surface area contributed by atoms with Gasteiger partial charge in [-0.3, -0.25) is 9.59 Å². The van der Waals surface area contributed by atoms with Crippen LogP contribution in [0.3, 0.4) is 0 Å². The number of nitrogens with zero attached hydrogens (tertiary/aromatic N) is 1. The van der Waals surface area contributed by atoms with E-state index in [-0.39, 0.29) is 17.0 Å². The van der Waals surface area contributed by atoms with Crippen LogP contribution in [0.2, 0.25) is 0 Å². The number of thiol groups is 1. The van der Waals surface area contributed by atoms with Crippen LogP contribution >= 0.6 is 24.0 Å². The fraction of sp³-hybridized carbons (Fsp3) is 0.0500. The van der Waals surface area contributed by atoms with Crippen molar-refractivity contribution in [3.63, 3.8) is 0 Å². The standard InChI is InChI=1S/C20H14N2O2S2/c1-11-5-7-12(8-6-11)15-10-26-19-16(15)20(24)22-21-17(19)18(23)13-3-2-4-14(25)9-13/h2-10,25H,1H3,(H,22,24). The Bertz CT molecular complexity index is 1190. The average Bonchev–Trinajstić information content (AvgIpc) is 3.08. The first-order chi connectivity index (χ1) is 12.5. The Morgan fingerprint density at radius 1 is 1.15 bits per heavy atom. The molecule has 0 radical (unpaired) electrons. The number of aromatic nitrogens is 2. The van der Waals surface area contributed by atoms with E-state index in [4.69, 9.17) is 0 Å². The molecule has 4 aromatic rings. The lowest BCUT2D eigenvalue weighted by molar-refractivity contribution is 0.103. The number of carbonyl (C=O) groups is 1. The number of fused-ring (bicyclic) bond motifs is 1. The molecule has 2 aromatic heterocycles. The maximum Gasteiger partial charge on any atom is 0.273 e. The van der Waals surface area contributed by atoms with Gasteiger partial charge in [0.2, 0.25) is 5.78 Å². The molecule has 0 aliphatic carbocycles. The summed E-state index contributed by atoms with van der Waals surface area (Å²) in [6.45, 7) is 2.01. The summed E-state index contributed by atoms with van der Waals surface area (Å²) < 4.78 is 0.596. The molecule has 0 aliphatic rings. The molecule has 0 bridgehead atoms. The van der Waals surface area contributed by atoms with Gasteiger partial charge in [0, 0.05) is 21.4 Å². The maximum absolute atomic E-state index is 12.9. The highest BCUT2D eigenvalue weighted by atomic mass is 32.1. The molecule has 128 valence electrons. The number of hydrogen-bond acceptors (Lipinski definition) is 5. The van der Waals surface area contributed by atoms with Crippen LogP contribution in [-0.4, -0.2) is 16.0 Å². The summed E-state index contributed by atoms with van der Waals surface area (Å²) in [5.74, 6) is -0.237. The summed E-state index contributed by atoms with van der Waals surface area (Å²) in [5, 5.41) is 8.91. The summed E-state index contributed by atoms with van der Waals surface area (Å²) in [4.78, 5) is 26.0. The fourth-order valence-electron chi connectivity index (χ4n) is 2.85. The van der Waals surface area contributed by atoms with Gasteiger partial charge in [-0.15, -0.1) is 24.0 Å². The molecule has 26 heavy (non-hydrogen) atoms. The first-order valence-electron chi connectivity index (χ1n) is 7.95. The molecule has 0 saturated carbocycles. The zero-order valence-electron chi connectivity index (χ0n) is 13.8. The predicted molar refractivity (Wildman–Crippen MR) is 108 cm³/mol. The van der Waals surface area contributed by atoms with Gasteiger partial charge in [0.1, 0.15) is 5.69 Å². The molecule has 0 unspecified atom stereocenters. The van der Waals surface area contributed by atoms with E-state index < -0.39 is 0 Å². The van der Waals surface area contributed by atoms with Gasteiger partial charge in [0.05, 0.1) is 10.1 Å². The zero-order valence-corrected chi connectivity index (χ0v) is 15.5. The molecule has 0 saturated heterocycles. The Hall–Kier alpha value is -2.70. The molecule has 6 heteroatoms. The molecular weight excluding hydrogens is 364 g/mol. The first-order valence-corrected chi connectivity index (χ1v) is 9.28. The molecular formula is C20H14N2O2S2. The van der Waals surface area contributed by atoms with Gasteiger partial charge in [-0.1, -0.05) is 42.0 Å². The van der Waals surface area contributed by atoms with Crippen molar-refractivity contribution < 1.29 is 4.79 Å². The highest BCUT2D eigenvalue weighted by molar-refractivity contribution is 7.80. The number of carbonyl (C=O) groups excluding carboxylic acids is 1. The summed E-state index contributed by atoms with van der Waals surface area (Å²) >= 11 is 5.64. The molecule has 0 atom stereocenters. The highest BCUT2D eigenvalue weighted by Gasteiger charge is 2.20. The van der Waals surface area contributed by atoms with E-state index in [0.29, 0.717) is 20.5 Å². The number of thiophene rings is 1. The number of rotatable bonds is 3. The van der Waals surface area contributed by atoms with Crippen molar-refractivity contribution in [2.75, 3.05) is 0 Å². The second-order valence-electron chi connectivity index (χ2n) is 6.00. The van der Waals surface area contributed by atoms with Crippen LogP contribution in [0.4, 0.5) is 0 Å². The third kappa shape index (κ3) is 2.87. The van der Waals surface area contributed by atoms with E-state index >= 15 is 0 Å². The molecule has 1 N–H and O–H groups in total. The molecule has 0 aliphatic heterocycles. The van der Waals surface area contributed by atoms with Crippen LogP contribution in [0, 0.1) is 6.92 Å². The number of aromatic amines is 1. The Kier molecular flexibility index (Phi) is 4.22. The van der Waals surface area contributed by atoms with Crippen LogP contribution in [0.5, 0.6) is 0 Å². The van der Waals surface area contributed by atoms with Crippen molar-refractivity contribution in [3.05, 3.63) is 81.1 Å². The molecule has 4 rings (SSSR count). The van der Waals surface area contributed by atoms with E-state index in [1.165, 1.54) is 11.3 Å². The highest BCUT2D eigenvalue weighted by Crippen LogP contribution is 2.33. The van der Waals surface area contributed by atoms with Gasteiger partial charge in [-0.05, 0) is 24.6 Å². The van der Waals surface area contributed by atoms with Crippen LogP contribution in [-0.2, 0) is 0 Å². The number of benzene rings is 2. The molecule has 0 amide bonds. The maximum atomic E-state index is 12.9. The second-order valence-corrected chi connectivity index (χ2v) is 7.40. The fourth-order valence-corrected chi connectivity index (χ4v) is 4.14. The van der Waals surface area contributed by atoms with E-state index in [1.54, 1.807) is 24.3 Å². The van der Waals surface area contributed by atoms with Gasteiger partial charge in [-0.25, -0.2) is 5.10 Å². The van der Waals surface area contributed by atoms with Crippen LogP contribution in [0.25, 0.3) is 21.2 Å². The number of ketones is 1. The summed E-state index contributed by atoms with van der Waals surface area (Å²) in [7, 11) is 0. The van der Waals surface area contributed by atoms with Crippen molar-refractivity contribution in [3.8, 4) is 11.1 Å². The minimum atomic E-state index is -0.295. The smallest absolute Gasteiger partial charge is 0.273 e. The number of nitrogens with one attached hydrogen (secondary N) is 1. The first kappa shape index (κ1) is 16.8. The van der Waals surface area contributed by atoms with E-state index in [0.717, 1.165) is 16.7 Å². The van der Waals surface area contributed by atoms with Crippen molar-refractivity contribution in [1.29, 1.82) is 0 Å². The zero-order chi connectivity index (χ0) is 18.3. The number of H-pyrrole nitrogens is 1. The number of hydrogen-bond donors (Lipinski definition) is 2. The lowest BCUT2D eigenvalue weighted by Gasteiger charge is -2.04. The topological polar surface area (TPSA) is 62.8 Å². The lowest BCUT2D eigenvalue weighted by atomic mass is 10.0. The summed E-state index contributed by atoms with van der Waals surface area (Å²) in [6, 6.07) is 14.9. The van der Waals surface area contributed by atoms with E-state index in [1.807, 2.05) is 36.6 Å². The minimum Gasteiger partial charge on any atom is -0.287 e. The predicted octanol–water partition coefficient (Wildman–Crippen LogP) is 4.48. The Balaban J connectivity index is 1.91. The lowest BCUT2D eigenvalue weighted by Crippen LogP contribution is -2.14. The third-order valence-corrected chi connectivity index (χ3v) is 5.45. The average molecular weight is 378 g/mol. The molecule has 2 heterocycles. The second kappa shape index (κ2) is 6.55. The van der Waals surface area contributed by atoms with Crippen LogP contribution in [0.15, 0.2) is 63.6 Å². The van der Waals surface area contributed by atoms with Crippen LogP contribution in [0.1, 0.15) is 21.6 Å². The van der Waals surface area contributed by atoms with E-state index in [2.05, 4.69) is 22.8 Å². The van der Waals surface area contributed by atoms with Gasteiger partial charge in [0.25, 0.3) is 5.56 Å². The summed E-state index contributed by atoms with van der Waals surface area (Å²) in [5.41, 5.74) is 3.34. The molecule has 0 fully saturated rings. The Labute approximate surface area is 158 Å². The normalized spacial score (nSPS) is 11.0. The molecule has 4 nitrogen and oxygen atoms in total. The van der Waals surface area contributed by atoms with Crippen molar-refractivity contribution in [2.45, 2.75) is 11.8 Å². The minimum absolute atomic E-state index is 0.237. The Morgan fingerprint density at radius 3 is 2.65 bits per heavy atom. The van der Waals surface area contributed by atoms with Crippen LogP contribution < -0.4 is 5.56 Å². The quantitative estimate of drug-likeness (QED) is 0.408. The SMILES string of the molecule is Cc1ccc(-c2csc3c(C(=O)c4cccc(S)c4)n[nH]c(=O)c23)cc1. The van der Waals surface area contributed by atoms with Gasteiger partial charge < -0.3 is 0 Å². The van der Waals surface area contributed by atoms with Crippen molar-refractivity contribution >= 4 is 39.8 Å². The van der Waals surface area contributed by atoms with E-state index in [9.17, 15) is 9.59 Å². The largest absolute Gasteiger partial charge is 0.287 e. The summed E-state index contributed by atoms with van der Waals surface area (Å²) in [6.07, 6.45) is 0. The van der Waals surface area contributed by atoms with Gasteiger partial charge in [-0.2, -0.15) is 5.10 Å². The van der Waals surface area contributed by atoms with Crippen molar-refractivity contribution in [2.24, 2.45) is 0 Å². The Morgan fingerprint density at radius 2 is 1.92 bits per heavy atom. The number of aryl methyl sites for hydroxylation is 1. The van der Waals surface area contributed by atoms with Gasteiger partial charge >= 0.3 is 0 Å².